The fraction of sp³-hybridized carbons (Fsp3) is 0.0435. The fourth-order valence-corrected chi connectivity index (χ4v) is 3.56. The van der Waals surface area contributed by atoms with Crippen LogP contribution in [0.1, 0.15) is 21.7 Å². The lowest BCUT2D eigenvalue weighted by atomic mass is 10.1. The van der Waals surface area contributed by atoms with E-state index >= 15 is 0 Å². The first-order valence-corrected chi connectivity index (χ1v) is 10.2. The first kappa shape index (κ1) is 22.3. The Morgan fingerprint density at radius 2 is 1.79 bits per heavy atom. The van der Waals surface area contributed by atoms with Crippen molar-refractivity contribution in [3.8, 4) is 11.3 Å². The lowest BCUT2D eigenvalue weighted by molar-refractivity contribution is -0.122. The molecule has 1 aromatic heterocycles. The van der Waals surface area contributed by atoms with E-state index in [1.54, 1.807) is 13.0 Å². The predicted molar refractivity (Wildman–Crippen MR) is 121 cm³/mol. The number of rotatable bonds is 4. The van der Waals surface area contributed by atoms with Crippen molar-refractivity contribution >= 4 is 58.8 Å². The number of carboxylic acids is 1. The second-order valence-corrected chi connectivity index (χ2v) is 7.91. The van der Waals surface area contributed by atoms with Gasteiger partial charge in [-0.3, -0.25) is 14.9 Å². The number of nitrogens with zero attached hydrogens (tertiary/aromatic N) is 1. The number of benzene rings is 2. The van der Waals surface area contributed by atoms with E-state index in [1.807, 2.05) is 0 Å². The Hall–Kier alpha value is -3.88. The molecule has 2 N–H and O–H groups in total. The SMILES string of the molecule is Cc1ccc(N2C(=O)NC(=O)/C(=C/c3ccc(-c4cc(C(=O)O)ccc4Cl)o3)C2=O)cc1Cl. The number of urea groups is 1. The Morgan fingerprint density at radius 1 is 1.03 bits per heavy atom. The summed E-state index contributed by atoms with van der Waals surface area (Å²) in [6.07, 6.45) is 1.19. The van der Waals surface area contributed by atoms with Crippen molar-refractivity contribution in [2.24, 2.45) is 0 Å². The van der Waals surface area contributed by atoms with Crippen molar-refractivity contribution in [1.82, 2.24) is 5.32 Å². The standard InChI is InChI=1S/C23H14Cl2N2O6/c1-11-2-4-13(9-18(11)25)27-21(29)16(20(28)26-23(27)32)10-14-5-7-19(33-14)15-8-12(22(30)31)3-6-17(15)24/h2-10H,1H3,(H,30,31)(H,26,28,32)/b16-10-. The molecule has 3 aromatic rings. The highest BCUT2D eigenvalue weighted by molar-refractivity contribution is 6.39. The minimum absolute atomic E-state index is 0.0125. The van der Waals surface area contributed by atoms with E-state index in [9.17, 15) is 24.3 Å². The molecule has 2 aromatic carbocycles. The van der Waals surface area contributed by atoms with Gasteiger partial charge in [-0.1, -0.05) is 29.3 Å². The number of carbonyl (C=O) groups is 4. The summed E-state index contributed by atoms with van der Waals surface area (Å²) in [6, 6.07) is 10.9. The number of carbonyl (C=O) groups excluding carboxylic acids is 3. The van der Waals surface area contributed by atoms with Crippen molar-refractivity contribution in [2.75, 3.05) is 4.90 Å². The van der Waals surface area contributed by atoms with Crippen LogP contribution in [0.15, 0.2) is 58.5 Å². The Kier molecular flexibility index (Phi) is 5.80. The van der Waals surface area contributed by atoms with Crippen LogP contribution >= 0.6 is 23.2 Å². The number of halogens is 2. The van der Waals surface area contributed by atoms with Gasteiger partial charge in [-0.25, -0.2) is 14.5 Å². The number of hydrogen-bond donors (Lipinski definition) is 2. The van der Waals surface area contributed by atoms with Crippen LogP contribution in [-0.4, -0.2) is 28.9 Å². The Morgan fingerprint density at radius 3 is 2.48 bits per heavy atom. The van der Waals surface area contributed by atoms with Crippen molar-refractivity contribution in [1.29, 1.82) is 0 Å². The van der Waals surface area contributed by atoms with Gasteiger partial charge in [0.25, 0.3) is 11.8 Å². The van der Waals surface area contributed by atoms with Crippen LogP contribution < -0.4 is 10.2 Å². The summed E-state index contributed by atoms with van der Waals surface area (Å²) in [5, 5.41) is 11.9. The van der Waals surface area contributed by atoms with Crippen molar-refractivity contribution in [2.45, 2.75) is 6.92 Å². The fourth-order valence-electron chi connectivity index (χ4n) is 3.18. The third kappa shape index (κ3) is 4.26. The number of aromatic carboxylic acids is 1. The predicted octanol–water partition coefficient (Wildman–Crippen LogP) is 4.93. The van der Waals surface area contributed by atoms with Gasteiger partial charge >= 0.3 is 12.0 Å². The lowest BCUT2D eigenvalue weighted by Gasteiger charge is -2.26. The molecule has 0 saturated carbocycles. The van der Waals surface area contributed by atoms with Gasteiger partial charge in [0.05, 0.1) is 16.3 Å². The molecule has 1 fully saturated rings. The molecule has 0 aliphatic carbocycles. The molecule has 8 nitrogen and oxygen atoms in total. The summed E-state index contributed by atoms with van der Waals surface area (Å²) in [4.78, 5) is 49.8. The van der Waals surface area contributed by atoms with Crippen LogP contribution in [0, 0.1) is 6.92 Å². The number of furan rings is 1. The second-order valence-electron chi connectivity index (χ2n) is 7.09. The van der Waals surface area contributed by atoms with Gasteiger partial charge in [0, 0.05) is 10.6 Å². The molecule has 4 rings (SSSR count). The maximum atomic E-state index is 13.0. The summed E-state index contributed by atoms with van der Waals surface area (Å²) >= 11 is 12.3. The van der Waals surface area contributed by atoms with Gasteiger partial charge in [0.2, 0.25) is 0 Å². The highest BCUT2D eigenvalue weighted by Crippen LogP contribution is 2.32. The minimum atomic E-state index is -1.13. The maximum Gasteiger partial charge on any atom is 0.335 e. The summed E-state index contributed by atoms with van der Waals surface area (Å²) in [5.41, 5.74) is 0.956. The van der Waals surface area contributed by atoms with E-state index in [2.05, 4.69) is 5.32 Å². The monoisotopic (exact) mass is 484 g/mol. The first-order chi connectivity index (χ1) is 15.7. The maximum absolute atomic E-state index is 13.0. The van der Waals surface area contributed by atoms with Crippen LogP contribution in [-0.2, 0) is 9.59 Å². The normalized spacial score (nSPS) is 15.2. The molecule has 4 amide bonds. The Labute approximate surface area is 197 Å². The van der Waals surface area contributed by atoms with Gasteiger partial charge < -0.3 is 9.52 Å². The summed E-state index contributed by atoms with van der Waals surface area (Å²) < 4.78 is 5.68. The zero-order valence-corrected chi connectivity index (χ0v) is 18.4. The number of nitrogens with one attached hydrogen (secondary N) is 1. The molecular weight excluding hydrogens is 471 g/mol. The third-order valence-corrected chi connectivity index (χ3v) is 5.64. The molecule has 166 valence electrons. The van der Waals surface area contributed by atoms with E-state index in [1.165, 1.54) is 48.5 Å². The van der Waals surface area contributed by atoms with Crippen molar-refractivity contribution in [3.63, 3.8) is 0 Å². The molecule has 0 radical (unpaired) electrons. The van der Waals surface area contributed by atoms with E-state index in [0.717, 1.165) is 10.5 Å². The van der Waals surface area contributed by atoms with Crippen LogP contribution in [0.2, 0.25) is 10.0 Å². The highest BCUT2D eigenvalue weighted by Gasteiger charge is 2.37. The topological polar surface area (TPSA) is 117 Å². The summed E-state index contributed by atoms with van der Waals surface area (Å²) in [7, 11) is 0. The van der Waals surface area contributed by atoms with E-state index in [0.29, 0.717) is 10.6 Å². The summed E-state index contributed by atoms with van der Waals surface area (Å²) in [6.45, 7) is 1.77. The molecule has 0 atom stereocenters. The molecule has 1 aliphatic rings. The number of amides is 4. The van der Waals surface area contributed by atoms with Crippen molar-refractivity contribution < 1.29 is 28.7 Å². The van der Waals surface area contributed by atoms with Gasteiger partial charge in [0.1, 0.15) is 17.1 Å². The van der Waals surface area contributed by atoms with Crippen LogP contribution in [0.3, 0.4) is 0 Å². The largest absolute Gasteiger partial charge is 0.478 e. The number of barbiturate groups is 1. The van der Waals surface area contributed by atoms with E-state index in [-0.39, 0.29) is 33.4 Å². The molecular formula is C23H14Cl2N2O6. The average molecular weight is 485 g/mol. The van der Waals surface area contributed by atoms with Crippen LogP contribution in [0.4, 0.5) is 10.5 Å². The third-order valence-electron chi connectivity index (χ3n) is 4.91. The number of hydrogen-bond acceptors (Lipinski definition) is 5. The molecule has 10 heteroatoms. The quantitative estimate of drug-likeness (QED) is 0.400. The zero-order valence-electron chi connectivity index (χ0n) is 16.9. The Balaban J connectivity index is 1.70. The average Bonchev–Trinajstić information content (AvgIpc) is 3.22. The molecule has 0 bridgehead atoms. The number of aryl methyl sites for hydroxylation is 1. The Bertz CT molecular complexity index is 1380. The number of carboxylic acid groups (broad SMARTS) is 1. The first-order valence-electron chi connectivity index (χ1n) is 9.46. The molecule has 1 aliphatic heterocycles. The lowest BCUT2D eigenvalue weighted by Crippen LogP contribution is -2.54. The summed E-state index contributed by atoms with van der Waals surface area (Å²) in [5.74, 6) is -2.52. The zero-order chi connectivity index (χ0) is 23.9. The highest BCUT2D eigenvalue weighted by atomic mass is 35.5. The minimum Gasteiger partial charge on any atom is -0.478 e. The molecule has 0 unspecified atom stereocenters. The molecule has 0 spiro atoms. The molecule has 1 saturated heterocycles. The molecule has 33 heavy (non-hydrogen) atoms. The van der Waals surface area contributed by atoms with Crippen LogP contribution in [0.25, 0.3) is 17.4 Å². The second kappa shape index (κ2) is 8.57. The van der Waals surface area contributed by atoms with Gasteiger partial charge in [0.15, 0.2) is 0 Å². The van der Waals surface area contributed by atoms with Gasteiger partial charge in [-0.2, -0.15) is 0 Å². The number of anilines is 1. The van der Waals surface area contributed by atoms with Crippen molar-refractivity contribution in [3.05, 3.63) is 81.0 Å². The van der Waals surface area contributed by atoms with E-state index in [4.69, 9.17) is 27.6 Å². The van der Waals surface area contributed by atoms with Gasteiger partial charge in [-0.05, 0) is 61.0 Å². The van der Waals surface area contributed by atoms with Crippen LogP contribution in [0.5, 0.6) is 0 Å². The van der Waals surface area contributed by atoms with Gasteiger partial charge in [-0.15, -0.1) is 0 Å². The molecule has 2 heterocycles. The smallest absolute Gasteiger partial charge is 0.335 e. The number of imide groups is 2. The van der Waals surface area contributed by atoms with E-state index < -0.39 is 23.8 Å².